The summed E-state index contributed by atoms with van der Waals surface area (Å²) in [6.07, 6.45) is 29.0. The van der Waals surface area contributed by atoms with Gasteiger partial charge in [0.2, 0.25) is 5.91 Å². The number of esters is 4. The van der Waals surface area contributed by atoms with E-state index in [-0.39, 0.29) is 63.4 Å². The standard InChI is InChI=1S/C66H107N3O13/c1-9-11-13-15-17-19-21-23-25-27-29-31-36-40-58(70)78-50-55(80-59(71)41-37-32-30-28-26-24-22-20-18-16-14-12-10-2)49-77-51-57(69-64(76)79-48-52-38-34-33-35-39-52)62(74)67-54-44-42-53(43-45-54)61(73)68-56(63(75)82-66(6,7)8)46-47-60(72)81-65(3,4)5/h33-35,38-39,42-45,55-57H,9-32,36-37,40-41,46-51H2,1-8H3,(H,67,74)(H,68,73)(H,69,76)/t55?,56-,57-/m0/s1. The number of nitrogens with one attached hydrogen (secondary N) is 3. The van der Waals surface area contributed by atoms with E-state index >= 15 is 0 Å². The van der Waals surface area contributed by atoms with Gasteiger partial charge < -0.3 is 44.4 Å². The largest absolute Gasteiger partial charge is 0.462 e. The Morgan fingerprint density at radius 1 is 0.463 bits per heavy atom. The summed E-state index contributed by atoms with van der Waals surface area (Å²) in [5.74, 6) is -3.41. The SMILES string of the molecule is CCCCCCCCCCCCCCCC(=O)OCC(COC[C@H](NC(=O)OCc1ccccc1)C(=O)Nc1ccc(C(=O)N[C@@H](CCC(=O)OC(C)(C)C)C(=O)OC(C)(C)C)cc1)OC(=O)CCCCCCCCCCCCCCC. The van der Waals surface area contributed by atoms with E-state index in [4.69, 9.17) is 28.4 Å². The Labute approximate surface area is 493 Å². The lowest BCUT2D eigenvalue weighted by Gasteiger charge is -2.25. The summed E-state index contributed by atoms with van der Waals surface area (Å²) in [5.41, 5.74) is -0.462. The van der Waals surface area contributed by atoms with Crippen molar-refractivity contribution in [3.8, 4) is 0 Å². The third-order valence-corrected chi connectivity index (χ3v) is 13.6. The average Bonchev–Trinajstić information content (AvgIpc) is 3.47. The predicted octanol–water partition coefficient (Wildman–Crippen LogP) is 14.9. The third-order valence-electron chi connectivity index (χ3n) is 13.6. The quantitative estimate of drug-likeness (QED) is 0.0320. The van der Waals surface area contributed by atoms with Crippen LogP contribution in [0.15, 0.2) is 54.6 Å². The van der Waals surface area contributed by atoms with Crippen molar-refractivity contribution in [2.75, 3.05) is 25.1 Å². The molecule has 2 aromatic carbocycles. The maximum Gasteiger partial charge on any atom is 0.408 e. The van der Waals surface area contributed by atoms with Crippen LogP contribution in [0.3, 0.4) is 0 Å². The molecule has 0 fully saturated rings. The molecule has 0 spiro atoms. The van der Waals surface area contributed by atoms with Crippen molar-refractivity contribution in [3.63, 3.8) is 0 Å². The molecular formula is C66H107N3O13. The van der Waals surface area contributed by atoms with Gasteiger partial charge in [-0.15, -0.1) is 0 Å². The first kappa shape index (κ1) is 72.6. The van der Waals surface area contributed by atoms with Gasteiger partial charge in [0.1, 0.15) is 36.5 Å². The number of ether oxygens (including phenoxy) is 6. The highest BCUT2D eigenvalue weighted by Gasteiger charge is 2.30. The van der Waals surface area contributed by atoms with E-state index in [9.17, 15) is 33.6 Å². The molecule has 0 radical (unpaired) electrons. The highest BCUT2D eigenvalue weighted by molar-refractivity contribution is 5.99. The molecule has 16 nitrogen and oxygen atoms in total. The molecule has 0 aliphatic heterocycles. The van der Waals surface area contributed by atoms with Crippen LogP contribution in [0, 0.1) is 0 Å². The van der Waals surface area contributed by atoms with E-state index in [0.29, 0.717) is 12.8 Å². The van der Waals surface area contributed by atoms with Crippen molar-refractivity contribution in [2.45, 2.75) is 284 Å². The summed E-state index contributed by atoms with van der Waals surface area (Å²) in [7, 11) is 0. The summed E-state index contributed by atoms with van der Waals surface area (Å²) in [6, 6.07) is 12.4. The van der Waals surface area contributed by atoms with Crippen LogP contribution in [0.2, 0.25) is 0 Å². The molecule has 82 heavy (non-hydrogen) atoms. The molecule has 3 atom stereocenters. The number of hydrogen-bond acceptors (Lipinski definition) is 13. The van der Waals surface area contributed by atoms with Crippen molar-refractivity contribution in [1.82, 2.24) is 10.6 Å². The molecule has 0 aromatic heterocycles. The maximum absolute atomic E-state index is 13.9. The van der Waals surface area contributed by atoms with Gasteiger partial charge in [-0.3, -0.25) is 24.0 Å². The number of alkyl carbamates (subject to hydrolysis) is 1. The van der Waals surface area contributed by atoms with Gasteiger partial charge in [0.25, 0.3) is 5.91 Å². The fraction of sp³-hybridized carbons (Fsp3) is 0.712. The minimum Gasteiger partial charge on any atom is -0.462 e. The summed E-state index contributed by atoms with van der Waals surface area (Å²) < 4.78 is 33.8. The van der Waals surface area contributed by atoms with Gasteiger partial charge in [-0.1, -0.05) is 198 Å². The van der Waals surface area contributed by atoms with E-state index in [1.807, 2.05) is 18.2 Å². The Bertz CT molecular complexity index is 2070. The van der Waals surface area contributed by atoms with Crippen molar-refractivity contribution in [1.29, 1.82) is 0 Å². The molecule has 1 unspecified atom stereocenters. The van der Waals surface area contributed by atoms with Crippen molar-refractivity contribution >= 4 is 47.5 Å². The van der Waals surface area contributed by atoms with Gasteiger partial charge in [0.05, 0.1) is 13.2 Å². The number of carbonyl (C=O) groups is 7. The van der Waals surface area contributed by atoms with Crippen LogP contribution in [-0.2, 0) is 59.0 Å². The molecule has 0 saturated heterocycles. The van der Waals surface area contributed by atoms with Gasteiger partial charge in [-0.05, 0) is 90.6 Å². The van der Waals surface area contributed by atoms with Crippen LogP contribution in [0.25, 0.3) is 0 Å². The van der Waals surface area contributed by atoms with Crippen molar-refractivity contribution in [3.05, 3.63) is 65.7 Å². The average molecular weight is 1150 g/mol. The summed E-state index contributed by atoms with van der Waals surface area (Å²) in [6.45, 7) is 13.8. The van der Waals surface area contributed by atoms with Crippen molar-refractivity contribution in [2.24, 2.45) is 0 Å². The fourth-order valence-corrected chi connectivity index (χ4v) is 9.05. The van der Waals surface area contributed by atoms with Gasteiger partial charge >= 0.3 is 30.0 Å². The molecule has 0 aliphatic carbocycles. The normalized spacial score (nSPS) is 12.6. The summed E-state index contributed by atoms with van der Waals surface area (Å²) in [4.78, 5) is 92.5. The van der Waals surface area contributed by atoms with Crippen LogP contribution in [0.4, 0.5) is 10.5 Å². The van der Waals surface area contributed by atoms with Crippen LogP contribution in [0.5, 0.6) is 0 Å². The smallest absolute Gasteiger partial charge is 0.408 e. The predicted molar refractivity (Wildman–Crippen MR) is 323 cm³/mol. The fourth-order valence-electron chi connectivity index (χ4n) is 9.05. The maximum atomic E-state index is 13.9. The molecule has 0 aliphatic rings. The Morgan fingerprint density at radius 2 is 0.939 bits per heavy atom. The Morgan fingerprint density at radius 3 is 1.43 bits per heavy atom. The van der Waals surface area contributed by atoms with E-state index in [0.717, 1.165) is 44.1 Å². The molecule has 0 bridgehead atoms. The summed E-state index contributed by atoms with van der Waals surface area (Å²) >= 11 is 0. The second-order valence-electron chi connectivity index (χ2n) is 23.8. The number of anilines is 1. The second kappa shape index (κ2) is 44.1. The highest BCUT2D eigenvalue weighted by Crippen LogP contribution is 2.19. The molecule has 3 amide bonds. The molecule has 464 valence electrons. The lowest BCUT2D eigenvalue weighted by molar-refractivity contribution is -0.163. The first-order valence-electron chi connectivity index (χ1n) is 31.3. The molecule has 0 heterocycles. The number of hydrogen-bond donors (Lipinski definition) is 3. The van der Waals surface area contributed by atoms with Gasteiger partial charge in [0, 0.05) is 30.5 Å². The van der Waals surface area contributed by atoms with E-state index in [2.05, 4.69) is 29.8 Å². The lowest BCUT2D eigenvalue weighted by Crippen LogP contribution is -2.47. The number of amides is 3. The third kappa shape index (κ3) is 39.1. The Kier molecular flexibility index (Phi) is 39.0. The zero-order valence-corrected chi connectivity index (χ0v) is 51.8. The van der Waals surface area contributed by atoms with E-state index < -0.39 is 71.2 Å². The minimum absolute atomic E-state index is 0.0663. The van der Waals surface area contributed by atoms with E-state index in [1.54, 1.807) is 53.7 Å². The number of carbonyl (C=O) groups excluding carboxylic acids is 7. The zero-order valence-electron chi connectivity index (χ0n) is 51.8. The Hall–Kier alpha value is -5.51. The van der Waals surface area contributed by atoms with Gasteiger partial charge in [0.15, 0.2) is 6.10 Å². The molecular weight excluding hydrogens is 1040 g/mol. The molecule has 3 N–H and O–H groups in total. The monoisotopic (exact) mass is 1150 g/mol. The number of rotatable bonds is 46. The van der Waals surface area contributed by atoms with E-state index in [1.165, 1.54) is 140 Å². The highest BCUT2D eigenvalue weighted by atomic mass is 16.6. The Balaban J connectivity index is 2.11. The van der Waals surface area contributed by atoms with Crippen LogP contribution in [-0.4, -0.2) is 91.0 Å². The molecule has 2 rings (SSSR count). The minimum atomic E-state index is -1.33. The number of unbranched alkanes of at least 4 members (excludes halogenated alkanes) is 24. The lowest BCUT2D eigenvalue weighted by atomic mass is 10.0. The summed E-state index contributed by atoms with van der Waals surface area (Å²) in [5, 5.41) is 7.99. The first-order valence-corrected chi connectivity index (χ1v) is 31.3. The van der Waals surface area contributed by atoms with Gasteiger partial charge in [-0.2, -0.15) is 0 Å². The second-order valence-corrected chi connectivity index (χ2v) is 23.8. The van der Waals surface area contributed by atoms with Crippen LogP contribution < -0.4 is 16.0 Å². The molecule has 2 aromatic rings. The topological polar surface area (TPSA) is 211 Å². The zero-order chi connectivity index (χ0) is 60.3. The van der Waals surface area contributed by atoms with Crippen LogP contribution in [0.1, 0.15) is 264 Å². The van der Waals surface area contributed by atoms with Crippen LogP contribution >= 0.6 is 0 Å². The number of benzene rings is 2. The van der Waals surface area contributed by atoms with Crippen molar-refractivity contribution < 1.29 is 62.0 Å². The first-order chi connectivity index (χ1) is 39.3. The van der Waals surface area contributed by atoms with Gasteiger partial charge in [-0.25, -0.2) is 9.59 Å². The molecule has 16 heteroatoms. The molecule has 0 saturated carbocycles.